The zero-order chi connectivity index (χ0) is 20.2. The van der Waals surface area contributed by atoms with E-state index in [0.717, 1.165) is 5.56 Å². The first-order valence-electron chi connectivity index (χ1n) is 8.40. The molecule has 0 bridgehead atoms. The van der Waals surface area contributed by atoms with Crippen LogP contribution in [0.2, 0.25) is 5.02 Å². The average Bonchev–Trinajstić information content (AvgIpc) is 2.55. The second-order valence-corrected chi connectivity index (χ2v) is 8.65. The molecule has 2 aromatic carbocycles. The van der Waals surface area contributed by atoms with Crippen molar-refractivity contribution in [1.82, 2.24) is 4.72 Å². The van der Waals surface area contributed by atoms with Crippen LogP contribution in [0.15, 0.2) is 41.3 Å². The van der Waals surface area contributed by atoms with E-state index in [4.69, 9.17) is 16.3 Å². The van der Waals surface area contributed by atoms with Gasteiger partial charge in [-0.05, 0) is 75.2 Å². The zero-order valence-electron chi connectivity index (χ0n) is 15.7. The van der Waals surface area contributed by atoms with E-state index < -0.39 is 10.0 Å². The topological polar surface area (TPSA) is 84.5 Å². The van der Waals surface area contributed by atoms with Crippen LogP contribution in [-0.4, -0.2) is 27.0 Å². The van der Waals surface area contributed by atoms with Crippen LogP contribution in [0, 0.1) is 13.8 Å². The first-order valence-corrected chi connectivity index (χ1v) is 10.3. The minimum Gasteiger partial charge on any atom is -0.483 e. The molecule has 6 nitrogen and oxygen atoms in total. The van der Waals surface area contributed by atoms with Gasteiger partial charge in [-0.1, -0.05) is 11.6 Å². The number of ether oxygens (including phenoxy) is 1. The predicted molar refractivity (Wildman–Crippen MR) is 107 cm³/mol. The first-order chi connectivity index (χ1) is 12.6. The van der Waals surface area contributed by atoms with E-state index in [1.807, 2.05) is 6.92 Å². The van der Waals surface area contributed by atoms with Crippen LogP contribution in [0.1, 0.15) is 25.0 Å². The maximum Gasteiger partial charge on any atom is 0.262 e. The summed E-state index contributed by atoms with van der Waals surface area (Å²) in [6.07, 6.45) is 0. The number of rotatable bonds is 7. The molecule has 0 saturated carbocycles. The fraction of sp³-hybridized carbons (Fsp3) is 0.316. The minimum atomic E-state index is -3.57. The van der Waals surface area contributed by atoms with Gasteiger partial charge in [0.1, 0.15) is 5.75 Å². The normalized spacial score (nSPS) is 11.5. The molecule has 0 spiro atoms. The Morgan fingerprint density at radius 1 is 1.11 bits per heavy atom. The quantitative estimate of drug-likeness (QED) is 0.729. The molecular weight excluding hydrogens is 388 g/mol. The first kappa shape index (κ1) is 21.2. The molecule has 0 heterocycles. The number of carbonyl (C=O) groups is 1. The average molecular weight is 411 g/mol. The molecule has 0 radical (unpaired) electrons. The van der Waals surface area contributed by atoms with E-state index in [1.165, 1.54) is 12.1 Å². The molecule has 0 unspecified atom stereocenters. The van der Waals surface area contributed by atoms with Crippen LogP contribution in [0.5, 0.6) is 5.75 Å². The van der Waals surface area contributed by atoms with Gasteiger partial charge in [0.2, 0.25) is 10.0 Å². The summed E-state index contributed by atoms with van der Waals surface area (Å²) in [7, 11) is -3.57. The maximum atomic E-state index is 12.2. The Labute approximate surface area is 164 Å². The van der Waals surface area contributed by atoms with E-state index in [9.17, 15) is 13.2 Å². The SMILES string of the molecule is Cc1cc(Cl)ccc1NC(=O)COc1ccc(S(=O)(=O)NC(C)C)cc1C. The van der Waals surface area contributed by atoms with E-state index in [1.54, 1.807) is 45.0 Å². The summed E-state index contributed by atoms with van der Waals surface area (Å²) in [5.41, 5.74) is 2.13. The molecule has 146 valence electrons. The lowest BCUT2D eigenvalue weighted by Gasteiger charge is -2.13. The summed E-state index contributed by atoms with van der Waals surface area (Å²) in [6.45, 7) is 6.88. The fourth-order valence-electron chi connectivity index (χ4n) is 2.43. The van der Waals surface area contributed by atoms with Crippen molar-refractivity contribution in [2.75, 3.05) is 11.9 Å². The van der Waals surface area contributed by atoms with Gasteiger partial charge in [0.25, 0.3) is 5.91 Å². The number of hydrogen-bond donors (Lipinski definition) is 2. The smallest absolute Gasteiger partial charge is 0.262 e. The van der Waals surface area contributed by atoms with Gasteiger partial charge in [-0.25, -0.2) is 13.1 Å². The lowest BCUT2D eigenvalue weighted by molar-refractivity contribution is -0.118. The van der Waals surface area contributed by atoms with Crippen molar-refractivity contribution in [1.29, 1.82) is 0 Å². The molecule has 2 aromatic rings. The third kappa shape index (κ3) is 5.95. The van der Waals surface area contributed by atoms with E-state index in [2.05, 4.69) is 10.0 Å². The molecule has 27 heavy (non-hydrogen) atoms. The molecule has 0 aliphatic rings. The van der Waals surface area contributed by atoms with Gasteiger partial charge in [0.05, 0.1) is 4.90 Å². The monoisotopic (exact) mass is 410 g/mol. The second-order valence-electron chi connectivity index (χ2n) is 6.50. The molecule has 0 fully saturated rings. The number of sulfonamides is 1. The van der Waals surface area contributed by atoms with Crippen LogP contribution in [0.4, 0.5) is 5.69 Å². The number of benzene rings is 2. The van der Waals surface area contributed by atoms with Crippen molar-refractivity contribution >= 4 is 33.2 Å². The van der Waals surface area contributed by atoms with E-state index in [-0.39, 0.29) is 23.5 Å². The van der Waals surface area contributed by atoms with Gasteiger partial charge in [0.15, 0.2) is 6.61 Å². The molecule has 0 saturated heterocycles. The molecule has 8 heteroatoms. The minimum absolute atomic E-state index is 0.155. The lowest BCUT2D eigenvalue weighted by atomic mass is 10.2. The number of anilines is 1. The Morgan fingerprint density at radius 2 is 1.81 bits per heavy atom. The van der Waals surface area contributed by atoms with Crippen LogP contribution < -0.4 is 14.8 Å². The molecule has 2 rings (SSSR count). The van der Waals surface area contributed by atoms with Gasteiger partial charge in [0, 0.05) is 16.8 Å². The van der Waals surface area contributed by atoms with E-state index >= 15 is 0 Å². The summed E-state index contributed by atoms with van der Waals surface area (Å²) < 4.78 is 32.5. The molecule has 0 aromatic heterocycles. The van der Waals surface area contributed by atoms with Gasteiger partial charge in [-0.3, -0.25) is 4.79 Å². The Kier molecular flexibility index (Phi) is 6.86. The number of amides is 1. The molecule has 0 aliphatic heterocycles. The summed E-state index contributed by atoms with van der Waals surface area (Å²) >= 11 is 5.90. The Hall–Kier alpha value is -2.09. The largest absolute Gasteiger partial charge is 0.483 e. The Balaban J connectivity index is 2.02. The number of halogens is 1. The van der Waals surface area contributed by atoms with Crippen LogP contribution >= 0.6 is 11.6 Å². The van der Waals surface area contributed by atoms with Crippen molar-refractivity contribution in [2.45, 2.75) is 38.6 Å². The van der Waals surface area contributed by atoms with Crippen molar-refractivity contribution in [3.8, 4) is 5.75 Å². The van der Waals surface area contributed by atoms with Crippen LogP contribution in [0.25, 0.3) is 0 Å². The van der Waals surface area contributed by atoms with Gasteiger partial charge < -0.3 is 10.1 Å². The number of hydrogen-bond acceptors (Lipinski definition) is 4. The highest BCUT2D eigenvalue weighted by atomic mass is 35.5. The molecule has 2 N–H and O–H groups in total. The summed E-state index contributed by atoms with van der Waals surface area (Å²) in [5.74, 6) is 0.125. The number of aryl methyl sites for hydroxylation is 2. The van der Waals surface area contributed by atoms with Crippen molar-refractivity contribution in [3.63, 3.8) is 0 Å². The number of nitrogens with one attached hydrogen (secondary N) is 2. The van der Waals surface area contributed by atoms with Gasteiger partial charge in [-0.15, -0.1) is 0 Å². The predicted octanol–water partition coefficient (Wildman–Crippen LogP) is 3.66. The highest BCUT2D eigenvalue weighted by Crippen LogP contribution is 2.23. The third-order valence-corrected chi connectivity index (χ3v) is 5.56. The summed E-state index contributed by atoms with van der Waals surface area (Å²) in [4.78, 5) is 12.3. The molecule has 0 atom stereocenters. The van der Waals surface area contributed by atoms with Gasteiger partial charge >= 0.3 is 0 Å². The Morgan fingerprint density at radius 3 is 2.41 bits per heavy atom. The zero-order valence-corrected chi connectivity index (χ0v) is 17.2. The standard InChI is InChI=1S/C19H23ClN2O4S/c1-12(2)22-27(24,25)16-6-8-18(14(4)10-16)26-11-19(23)21-17-7-5-15(20)9-13(17)3/h5-10,12,22H,11H2,1-4H3,(H,21,23). The number of carbonyl (C=O) groups excluding carboxylic acids is 1. The Bertz CT molecular complexity index is 943. The van der Waals surface area contributed by atoms with Crippen molar-refractivity contribution in [3.05, 3.63) is 52.5 Å². The van der Waals surface area contributed by atoms with Crippen LogP contribution in [0.3, 0.4) is 0 Å². The third-order valence-electron chi connectivity index (χ3n) is 3.67. The second kappa shape index (κ2) is 8.73. The summed E-state index contributed by atoms with van der Waals surface area (Å²) in [6, 6.07) is 9.49. The maximum absolute atomic E-state index is 12.2. The highest BCUT2D eigenvalue weighted by molar-refractivity contribution is 7.89. The fourth-order valence-corrected chi connectivity index (χ4v) is 3.99. The van der Waals surface area contributed by atoms with Crippen LogP contribution in [-0.2, 0) is 14.8 Å². The van der Waals surface area contributed by atoms with Gasteiger partial charge in [-0.2, -0.15) is 0 Å². The highest BCUT2D eigenvalue weighted by Gasteiger charge is 2.17. The lowest BCUT2D eigenvalue weighted by Crippen LogP contribution is -2.30. The molecule has 0 aliphatic carbocycles. The molecular formula is C19H23ClN2O4S. The summed E-state index contributed by atoms with van der Waals surface area (Å²) in [5, 5.41) is 3.35. The molecule has 1 amide bonds. The van der Waals surface area contributed by atoms with Crippen molar-refractivity contribution in [2.24, 2.45) is 0 Å². The van der Waals surface area contributed by atoms with Crippen molar-refractivity contribution < 1.29 is 17.9 Å². The van der Waals surface area contributed by atoms with E-state index in [0.29, 0.717) is 22.0 Å².